The molecule has 154 valence electrons. The number of benzene rings is 1. The second-order valence-corrected chi connectivity index (χ2v) is 8.28. The zero-order valence-electron chi connectivity index (χ0n) is 16.5. The van der Waals surface area contributed by atoms with Crippen molar-refractivity contribution in [1.29, 1.82) is 0 Å². The van der Waals surface area contributed by atoms with Crippen LogP contribution in [0.4, 0.5) is 8.78 Å². The Bertz CT molecular complexity index is 1220. The quantitative estimate of drug-likeness (QED) is 0.707. The minimum absolute atomic E-state index is 0.0311. The van der Waals surface area contributed by atoms with Gasteiger partial charge in [-0.2, -0.15) is 0 Å². The van der Waals surface area contributed by atoms with Crippen LogP contribution < -0.4 is 10.7 Å². The number of nitrogens with one attached hydrogen (secondary N) is 1. The summed E-state index contributed by atoms with van der Waals surface area (Å²) in [6.07, 6.45) is 7.81. The molecular weight excluding hydrogens is 388 g/mol. The van der Waals surface area contributed by atoms with Gasteiger partial charge in [0.2, 0.25) is 5.43 Å². The van der Waals surface area contributed by atoms with Crippen LogP contribution in [0.3, 0.4) is 0 Å². The van der Waals surface area contributed by atoms with Crippen molar-refractivity contribution in [2.45, 2.75) is 44.7 Å². The Labute approximate surface area is 171 Å². The van der Waals surface area contributed by atoms with E-state index in [1.54, 1.807) is 17.0 Å². The zero-order valence-corrected chi connectivity index (χ0v) is 16.5. The third-order valence-corrected chi connectivity index (χ3v) is 6.28. The number of carbonyl (C=O) groups excluding carboxylic acids is 1. The van der Waals surface area contributed by atoms with Crippen LogP contribution >= 0.6 is 0 Å². The van der Waals surface area contributed by atoms with Gasteiger partial charge in [-0.05, 0) is 62.3 Å². The Morgan fingerprint density at radius 2 is 1.97 bits per heavy atom. The molecule has 5 rings (SSSR count). The largest absolute Gasteiger partial charge is 0.345 e. The van der Waals surface area contributed by atoms with Gasteiger partial charge in [0.25, 0.3) is 5.91 Å². The van der Waals surface area contributed by atoms with Crippen LogP contribution in [0.15, 0.2) is 41.6 Å². The molecule has 1 aromatic carbocycles. The van der Waals surface area contributed by atoms with Gasteiger partial charge in [0.15, 0.2) is 11.6 Å². The van der Waals surface area contributed by atoms with Crippen molar-refractivity contribution in [3.63, 3.8) is 0 Å². The van der Waals surface area contributed by atoms with E-state index >= 15 is 0 Å². The first kappa shape index (κ1) is 18.9. The van der Waals surface area contributed by atoms with Crippen LogP contribution in [0.2, 0.25) is 0 Å². The van der Waals surface area contributed by atoms with Gasteiger partial charge in [-0.15, -0.1) is 0 Å². The molecule has 0 bridgehead atoms. The van der Waals surface area contributed by atoms with Crippen molar-refractivity contribution < 1.29 is 13.6 Å². The molecule has 2 aliphatic rings. The number of hydrogen-bond donors (Lipinski definition) is 1. The summed E-state index contributed by atoms with van der Waals surface area (Å²) >= 11 is 0. The van der Waals surface area contributed by atoms with E-state index in [2.05, 4.69) is 10.3 Å². The van der Waals surface area contributed by atoms with E-state index in [-0.39, 0.29) is 28.6 Å². The molecule has 1 fully saturated rings. The van der Waals surface area contributed by atoms with E-state index in [4.69, 9.17) is 0 Å². The van der Waals surface area contributed by atoms with Crippen molar-refractivity contribution in [3.8, 4) is 0 Å². The predicted octanol–water partition coefficient (Wildman–Crippen LogP) is 4.06. The van der Waals surface area contributed by atoms with Crippen LogP contribution in [0, 0.1) is 17.6 Å². The van der Waals surface area contributed by atoms with Gasteiger partial charge in [-0.25, -0.2) is 8.78 Å². The molecule has 5 nitrogen and oxygen atoms in total. The van der Waals surface area contributed by atoms with Crippen LogP contribution in [-0.2, 0) is 6.42 Å². The monoisotopic (exact) mass is 409 g/mol. The fourth-order valence-corrected chi connectivity index (χ4v) is 4.47. The average molecular weight is 409 g/mol. The van der Waals surface area contributed by atoms with E-state index in [1.807, 2.05) is 19.1 Å². The summed E-state index contributed by atoms with van der Waals surface area (Å²) in [7, 11) is 0. The molecule has 3 aromatic rings. The van der Waals surface area contributed by atoms with Crippen LogP contribution in [0.25, 0.3) is 10.9 Å². The molecule has 2 atom stereocenters. The first-order valence-electron chi connectivity index (χ1n) is 10.2. The maximum Gasteiger partial charge on any atom is 0.257 e. The Hall–Kier alpha value is -3.09. The summed E-state index contributed by atoms with van der Waals surface area (Å²) in [5, 5.41) is 3.04. The lowest BCUT2D eigenvalue weighted by atomic mass is 9.95. The smallest absolute Gasteiger partial charge is 0.257 e. The average Bonchev–Trinajstić information content (AvgIpc) is 3.58. The molecule has 30 heavy (non-hydrogen) atoms. The van der Waals surface area contributed by atoms with Crippen LogP contribution in [-0.4, -0.2) is 15.5 Å². The summed E-state index contributed by atoms with van der Waals surface area (Å²) < 4.78 is 30.3. The number of hydrogen-bond acceptors (Lipinski definition) is 3. The van der Waals surface area contributed by atoms with E-state index in [1.165, 1.54) is 6.20 Å². The summed E-state index contributed by atoms with van der Waals surface area (Å²) in [6.45, 7) is 1.94. The minimum Gasteiger partial charge on any atom is -0.345 e. The maximum absolute atomic E-state index is 14.3. The second-order valence-electron chi connectivity index (χ2n) is 8.28. The number of aromatic nitrogens is 2. The standard InChI is InChI=1S/C23H21F2N3O2/c1-12-2-5-15-19(25)18(24)10-16-21(15)28(12)11-17(22(16)29)23(30)27-20(13-3-4-13)14-6-8-26-9-7-14/h6-13,20H,2-5H2,1H3,(H,27,30)/t12-,20+/m1/s1. The van der Waals surface area contributed by atoms with Crippen molar-refractivity contribution in [1.82, 2.24) is 14.9 Å². The molecule has 3 heterocycles. The zero-order chi connectivity index (χ0) is 21.0. The van der Waals surface area contributed by atoms with Gasteiger partial charge < -0.3 is 9.88 Å². The molecule has 0 saturated heterocycles. The highest BCUT2D eigenvalue weighted by atomic mass is 19.2. The van der Waals surface area contributed by atoms with Crippen LogP contribution in [0.5, 0.6) is 0 Å². The third-order valence-electron chi connectivity index (χ3n) is 6.28. The SMILES string of the molecule is C[C@@H]1CCc2c(F)c(F)cc3c(=O)c(C(=O)N[C@H](c4ccncc4)C4CC4)cn1c23. The fourth-order valence-electron chi connectivity index (χ4n) is 4.47. The highest BCUT2D eigenvalue weighted by Gasteiger charge is 2.34. The molecule has 1 N–H and O–H groups in total. The summed E-state index contributed by atoms with van der Waals surface area (Å²) in [5.41, 5.74) is 0.916. The first-order chi connectivity index (χ1) is 14.5. The van der Waals surface area contributed by atoms with Crippen LogP contribution in [0.1, 0.15) is 59.8 Å². The number of nitrogens with zero attached hydrogens (tertiary/aromatic N) is 2. The minimum atomic E-state index is -1.05. The Morgan fingerprint density at radius 1 is 1.23 bits per heavy atom. The molecule has 0 unspecified atom stereocenters. The maximum atomic E-state index is 14.3. The summed E-state index contributed by atoms with van der Waals surface area (Å²) in [4.78, 5) is 30.3. The van der Waals surface area contributed by atoms with Gasteiger partial charge in [0, 0.05) is 35.6 Å². The molecular formula is C23H21F2N3O2. The topological polar surface area (TPSA) is 64.0 Å². The van der Waals surface area contributed by atoms with Crippen molar-refractivity contribution in [2.24, 2.45) is 5.92 Å². The number of carbonyl (C=O) groups is 1. The summed E-state index contributed by atoms with van der Waals surface area (Å²) in [6, 6.07) is 4.38. The fraction of sp³-hybridized carbons (Fsp3) is 0.348. The molecule has 1 amide bonds. The van der Waals surface area contributed by atoms with Gasteiger partial charge >= 0.3 is 0 Å². The first-order valence-corrected chi connectivity index (χ1v) is 10.2. The Kier molecular flexibility index (Phi) is 4.41. The van der Waals surface area contributed by atoms with Crippen molar-refractivity contribution >= 4 is 16.8 Å². The van der Waals surface area contributed by atoms with E-state index < -0.39 is 23.0 Å². The molecule has 0 spiro atoms. The number of amides is 1. The van der Waals surface area contributed by atoms with Crippen molar-refractivity contribution in [3.05, 3.63) is 75.3 Å². The highest BCUT2D eigenvalue weighted by molar-refractivity contribution is 5.98. The van der Waals surface area contributed by atoms with E-state index in [0.717, 1.165) is 24.5 Å². The number of halogens is 2. The van der Waals surface area contributed by atoms with Gasteiger partial charge in [-0.3, -0.25) is 14.6 Å². The molecule has 2 aromatic heterocycles. The molecule has 1 aliphatic carbocycles. The number of rotatable bonds is 4. The lowest BCUT2D eigenvalue weighted by molar-refractivity contribution is 0.0930. The number of pyridine rings is 2. The molecule has 1 aliphatic heterocycles. The van der Waals surface area contributed by atoms with Gasteiger partial charge in [0.1, 0.15) is 5.56 Å². The highest BCUT2D eigenvalue weighted by Crippen LogP contribution is 2.41. The summed E-state index contributed by atoms with van der Waals surface area (Å²) in [5.74, 6) is -2.15. The Balaban J connectivity index is 1.61. The molecule has 1 saturated carbocycles. The lowest BCUT2D eigenvalue weighted by Gasteiger charge is -2.27. The second kappa shape index (κ2) is 7.00. The molecule has 0 radical (unpaired) electrons. The number of aryl methyl sites for hydroxylation is 1. The lowest BCUT2D eigenvalue weighted by Crippen LogP contribution is -2.34. The van der Waals surface area contributed by atoms with E-state index in [0.29, 0.717) is 24.3 Å². The predicted molar refractivity (Wildman–Crippen MR) is 108 cm³/mol. The van der Waals surface area contributed by atoms with Gasteiger partial charge in [0.05, 0.1) is 11.6 Å². The third kappa shape index (κ3) is 3.00. The van der Waals surface area contributed by atoms with Crippen molar-refractivity contribution in [2.75, 3.05) is 0 Å². The van der Waals surface area contributed by atoms with E-state index in [9.17, 15) is 18.4 Å². The normalized spacial score (nSPS) is 19.0. The van der Waals surface area contributed by atoms with Gasteiger partial charge in [-0.1, -0.05) is 0 Å². The molecule has 7 heteroatoms. The Morgan fingerprint density at radius 3 is 2.67 bits per heavy atom.